The molecule has 4 rings (SSSR count). The van der Waals surface area contributed by atoms with Gasteiger partial charge in [-0.1, -0.05) is 76.9 Å². The molecule has 56 heavy (non-hydrogen) atoms. The van der Waals surface area contributed by atoms with Crippen LogP contribution in [0.4, 0.5) is 27.6 Å². The Labute approximate surface area is 330 Å². The maximum Gasteiger partial charge on any atom is 0.390 e. The molecule has 13 heteroatoms. The highest BCUT2D eigenvalue weighted by molar-refractivity contribution is 7.92. The molecule has 0 bridgehead atoms. The van der Waals surface area contributed by atoms with E-state index in [4.69, 9.17) is 9.47 Å². The standard InChI is InChI=1S/C43H58F5N3O4S/c1-4-6-7-8-9-10-11-12-13-14-15-16-17-18-19-20-29-54-42-41-35(25-27-49-41)37(32-50(42)3)36-31-34(51(56(52,53)5-2)28-26-43(46,47)48)22-24-39(36)55-40-23-21-33(44)30-38(40)45/h12-13,21-25,27,30-32,42,49H,4-11,14-20,26,28-29H2,1-3H3/b13-12-. The van der Waals surface area contributed by atoms with Crippen molar-refractivity contribution in [3.63, 3.8) is 0 Å². The van der Waals surface area contributed by atoms with Gasteiger partial charge in [-0.2, -0.15) is 13.2 Å². The van der Waals surface area contributed by atoms with E-state index in [1.54, 1.807) is 12.4 Å². The van der Waals surface area contributed by atoms with Crippen molar-refractivity contribution in [1.82, 2.24) is 9.88 Å². The molecule has 7 nitrogen and oxygen atoms in total. The second-order valence-corrected chi connectivity index (χ2v) is 16.6. The number of alkyl halides is 3. The molecule has 1 unspecified atom stereocenters. The van der Waals surface area contributed by atoms with E-state index in [-0.39, 0.29) is 22.7 Å². The van der Waals surface area contributed by atoms with Crippen LogP contribution >= 0.6 is 0 Å². The van der Waals surface area contributed by atoms with Crippen molar-refractivity contribution >= 4 is 21.3 Å². The smallest absolute Gasteiger partial charge is 0.390 e. The van der Waals surface area contributed by atoms with Crippen LogP contribution in [0.15, 0.2) is 67.0 Å². The van der Waals surface area contributed by atoms with E-state index in [1.807, 2.05) is 18.0 Å². The van der Waals surface area contributed by atoms with Gasteiger partial charge in [-0.05, 0) is 75.4 Å². The monoisotopic (exact) mass is 807 g/mol. The van der Waals surface area contributed by atoms with Crippen LogP contribution in [0.2, 0.25) is 0 Å². The van der Waals surface area contributed by atoms with Gasteiger partial charge >= 0.3 is 6.18 Å². The van der Waals surface area contributed by atoms with Crippen LogP contribution in [0.3, 0.4) is 0 Å². The first kappa shape index (κ1) is 44.9. The molecule has 0 radical (unpaired) electrons. The topological polar surface area (TPSA) is 74.9 Å². The van der Waals surface area contributed by atoms with Crippen LogP contribution in [0.25, 0.3) is 5.57 Å². The molecule has 1 aliphatic rings. The van der Waals surface area contributed by atoms with E-state index in [2.05, 4.69) is 24.1 Å². The van der Waals surface area contributed by atoms with Gasteiger partial charge < -0.3 is 19.4 Å². The van der Waals surface area contributed by atoms with Crippen molar-refractivity contribution in [2.24, 2.45) is 0 Å². The molecule has 1 atom stereocenters. The van der Waals surface area contributed by atoms with Crippen LogP contribution < -0.4 is 9.04 Å². The number of hydrogen-bond acceptors (Lipinski definition) is 5. The van der Waals surface area contributed by atoms with Gasteiger partial charge in [-0.15, -0.1) is 0 Å². The van der Waals surface area contributed by atoms with E-state index < -0.39 is 52.8 Å². The molecule has 2 aromatic carbocycles. The Morgan fingerprint density at radius 1 is 0.821 bits per heavy atom. The zero-order valence-corrected chi connectivity index (χ0v) is 33.8. The van der Waals surface area contributed by atoms with Gasteiger partial charge in [-0.3, -0.25) is 4.31 Å². The molecule has 0 aliphatic carbocycles. The lowest BCUT2D eigenvalue weighted by molar-refractivity contribution is -0.131. The van der Waals surface area contributed by atoms with Crippen molar-refractivity contribution in [3.8, 4) is 11.5 Å². The number of nitrogens with one attached hydrogen (secondary N) is 1. The normalized spacial score (nSPS) is 14.7. The second kappa shape index (κ2) is 22.2. The number of fused-ring (bicyclic) bond motifs is 1. The third-order valence-corrected chi connectivity index (χ3v) is 11.7. The van der Waals surface area contributed by atoms with E-state index >= 15 is 0 Å². The minimum atomic E-state index is -4.60. The van der Waals surface area contributed by atoms with E-state index in [1.165, 1.54) is 89.3 Å². The Kier molecular flexibility index (Phi) is 17.8. The number of ether oxygens (including phenoxy) is 2. The number of aromatic nitrogens is 1. The highest BCUT2D eigenvalue weighted by atomic mass is 32.2. The Bertz CT molecular complexity index is 1830. The van der Waals surface area contributed by atoms with Gasteiger partial charge in [0.15, 0.2) is 17.8 Å². The molecule has 0 saturated heterocycles. The van der Waals surface area contributed by atoms with Gasteiger partial charge in [-0.25, -0.2) is 17.2 Å². The number of sulfonamides is 1. The summed E-state index contributed by atoms with van der Waals surface area (Å²) in [5.41, 5.74) is 2.21. The van der Waals surface area contributed by atoms with Crippen molar-refractivity contribution in [1.29, 1.82) is 0 Å². The highest BCUT2D eigenvalue weighted by Gasteiger charge is 2.33. The Morgan fingerprint density at radius 3 is 2.11 bits per heavy atom. The predicted octanol–water partition coefficient (Wildman–Crippen LogP) is 12.6. The number of hydrogen-bond donors (Lipinski definition) is 1. The summed E-state index contributed by atoms with van der Waals surface area (Å²) in [4.78, 5) is 5.09. The number of H-pyrrole nitrogens is 1. The fraction of sp³-hybridized carbons (Fsp3) is 0.535. The third-order valence-electron chi connectivity index (χ3n) is 9.90. The maximum atomic E-state index is 14.8. The number of anilines is 1. The molecule has 2 heterocycles. The lowest BCUT2D eigenvalue weighted by Crippen LogP contribution is -2.35. The van der Waals surface area contributed by atoms with Crippen molar-refractivity contribution in [3.05, 3.63) is 95.5 Å². The molecule has 0 amide bonds. The number of unbranched alkanes of at least 4 members (excludes halogenated alkanes) is 12. The SMILES string of the molecule is CCCCCCCC/C=C\CCCCCCCCOC1c2[nH]ccc2C(c2cc(N(CCC(F)(F)F)S(=O)(=O)CC)ccc2Oc2ccc(F)cc2F)=CN1C. The molecule has 310 valence electrons. The Morgan fingerprint density at radius 2 is 1.46 bits per heavy atom. The fourth-order valence-corrected chi connectivity index (χ4v) is 7.90. The summed E-state index contributed by atoms with van der Waals surface area (Å²) in [5, 5.41) is 0. The fourth-order valence-electron chi connectivity index (χ4n) is 6.79. The molecule has 1 N–H and O–H groups in total. The zero-order valence-electron chi connectivity index (χ0n) is 33.0. The zero-order chi connectivity index (χ0) is 40.6. The first-order valence-corrected chi connectivity index (χ1v) is 21.7. The van der Waals surface area contributed by atoms with Crippen LogP contribution in [0, 0.1) is 11.6 Å². The number of rotatable bonds is 25. The first-order valence-electron chi connectivity index (χ1n) is 20.1. The minimum Gasteiger partial charge on any atom is -0.454 e. The lowest BCUT2D eigenvalue weighted by atomic mass is 9.94. The average molecular weight is 808 g/mol. The molecule has 0 saturated carbocycles. The van der Waals surface area contributed by atoms with Gasteiger partial charge in [0.05, 0.1) is 23.6 Å². The summed E-state index contributed by atoms with van der Waals surface area (Å²) in [6, 6.07) is 8.77. The van der Waals surface area contributed by atoms with Crippen molar-refractivity contribution in [2.45, 2.75) is 123 Å². The lowest BCUT2D eigenvalue weighted by Gasteiger charge is -2.33. The number of allylic oxidation sites excluding steroid dienone is 2. The average Bonchev–Trinajstić information content (AvgIpc) is 3.64. The summed E-state index contributed by atoms with van der Waals surface area (Å²) < 4.78 is 108. The number of nitrogens with zero attached hydrogens (tertiary/aromatic N) is 2. The summed E-state index contributed by atoms with van der Waals surface area (Å²) in [5.74, 6) is -2.39. The Balaban J connectivity index is 1.41. The van der Waals surface area contributed by atoms with Crippen molar-refractivity contribution in [2.75, 3.05) is 30.3 Å². The summed E-state index contributed by atoms with van der Waals surface area (Å²) in [6.07, 6.45) is 18.7. The second-order valence-electron chi connectivity index (χ2n) is 14.4. The van der Waals surface area contributed by atoms with E-state index in [0.29, 0.717) is 29.5 Å². The molecular formula is C43H58F5N3O4S. The summed E-state index contributed by atoms with van der Waals surface area (Å²) >= 11 is 0. The largest absolute Gasteiger partial charge is 0.454 e. The van der Waals surface area contributed by atoms with E-state index in [0.717, 1.165) is 42.1 Å². The highest BCUT2D eigenvalue weighted by Crippen LogP contribution is 2.43. The van der Waals surface area contributed by atoms with E-state index in [9.17, 15) is 30.4 Å². The van der Waals surface area contributed by atoms with Crippen molar-refractivity contribution < 1.29 is 39.8 Å². The molecular weight excluding hydrogens is 750 g/mol. The summed E-state index contributed by atoms with van der Waals surface area (Å²) in [7, 11) is -2.32. The molecule has 0 spiro atoms. The van der Waals surface area contributed by atoms with Gasteiger partial charge in [0.2, 0.25) is 10.0 Å². The van der Waals surface area contributed by atoms with Crippen LogP contribution in [-0.2, 0) is 14.8 Å². The summed E-state index contributed by atoms with van der Waals surface area (Å²) in [6.45, 7) is 3.29. The quantitative estimate of drug-likeness (QED) is 0.0524. The third kappa shape index (κ3) is 13.7. The molecule has 0 fully saturated rings. The maximum absolute atomic E-state index is 14.8. The number of benzene rings is 2. The molecule has 1 aliphatic heterocycles. The van der Waals surface area contributed by atoms with Gasteiger partial charge in [0.1, 0.15) is 11.6 Å². The van der Waals surface area contributed by atoms with Crippen LogP contribution in [0.1, 0.15) is 133 Å². The number of aromatic amines is 1. The molecule has 1 aromatic heterocycles. The Hall–Kier alpha value is -3.84. The minimum absolute atomic E-state index is 0.0167. The first-order chi connectivity index (χ1) is 26.8. The van der Waals surface area contributed by atoms with Crippen LogP contribution in [-0.4, -0.2) is 50.4 Å². The van der Waals surface area contributed by atoms with Gasteiger partial charge in [0.25, 0.3) is 0 Å². The molecule has 3 aromatic rings. The van der Waals surface area contributed by atoms with Crippen LogP contribution in [0.5, 0.6) is 11.5 Å². The van der Waals surface area contributed by atoms with Gasteiger partial charge in [0, 0.05) is 55.4 Å². The number of halogens is 5. The predicted molar refractivity (Wildman–Crippen MR) is 214 cm³/mol.